The van der Waals surface area contributed by atoms with Gasteiger partial charge in [0, 0.05) is 17.8 Å². The van der Waals surface area contributed by atoms with Crippen LogP contribution in [-0.2, 0) is 21.2 Å². The summed E-state index contributed by atoms with van der Waals surface area (Å²) in [7, 11) is -3.24. The first-order valence-electron chi connectivity index (χ1n) is 6.55. The standard InChI is InChI=1S/C12H19N3O3S2/c1-8-14-12-9(4-3-5-10(12)19-8)15-11(16)6-7-13-20(2,17)18/h9,13H,3-7H2,1-2H3,(H,15,16)/t9-/m0/s1. The molecule has 1 amide bonds. The monoisotopic (exact) mass is 317 g/mol. The van der Waals surface area contributed by atoms with Gasteiger partial charge in [-0.25, -0.2) is 18.1 Å². The number of hydrogen-bond donors (Lipinski definition) is 2. The summed E-state index contributed by atoms with van der Waals surface area (Å²) in [5, 5.41) is 3.97. The lowest BCUT2D eigenvalue weighted by molar-refractivity contribution is -0.121. The number of aromatic nitrogens is 1. The SMILES string of the molecule is Cc1nc2c(s1)CCC[C@@H]2NC(=O)CCNS(C)(=O)=O. The van der Waals surface area contributed by atoms with E-state index in [0.29, 0.717) is 0 Å². The average molecular weight is 317 g/mol. The van der Waals surface area contributed by atoms with Gasteiger partial charge in [-0.1, -0.05) is 0 Å². The second kappa shape index (κ2) is 6.19. The predicted molar refractivity (Wildman–Crippen MR) is 78.1 cm³/mol. The first-order valence-corrected chi connectivity index (χ1v) is 9.26. The van der Waals surface area contributed by atoms with Gasteiger partial charge in [0.2, 0.25) is 15.9 Å². The number of carbonyl (C=O) groups is 1. The van der Waals surface area contributed by atoms with Crippen molar-refractivity contribution in [2.75, 3.05) is 12.8 Å². The van der Waals surface area contributed by atoms with Gasteiger partial charge in [-0.15, -0.1) is 11.3 Å². The number of fused-ring (bicyclic) bond motifs is 1. The van der Waals surface area contributed by atoms with Crippen LogP contribution in [0.1, 0.15) is 40.9 Å². The first kappa shape index (κ1) is 15.4. The van der Waals surface area contributed by atoms with Crippen molar-refractivity contribution in [2.45, 2.75) is 38.6 Å². The van der Waals surface area contributed by atoms with Crippen LogP contribution in [0.2, 0.25) is 0 Å². The molecular weight excluding hydrogens is 298 g/mol. The van der Waals surface area contributed by atoms with E-state index < -0.39 is 10.0 Å². The van der Waals surface area contributed by atoms with E-state index in [1.807, 2.05) is 6.92 Å². The third kappa shape index (κ3) is 4.26. The van der Waals surface area contributed by atoms with Crippen LogP contribution in [0.4, 0.5) is 0 Å². The van der Waals surface area contributed by atoms with Gasteiger partial charge in [0.05, 0.1) is 23.0 Å². The van der Waals surface area contributed by atoms with Crippen LogP contribution in [0.15, 0.2) is 0 Å². The van der Waals surface area contributed by atoms with Gasteiger partial charge in [-0.2, -0.15) is 0 Å². The number of nitrogens with zero attached hydrogens (tertiary/aromatic N) is 1. The van der Waals surface area contributed by atoms with E-state index in [2.05, 4.69) is 15.0 Å². The topological polar surface area (TPSA) is 88.2 Å². The molecular formula is C12H19N3O3S2. The largest absolute Gasteiger partial charge is 0.348 e. The van der Waals surface area contributed by atoms with Crippen LogP contribution < -0.4 is 10.0 Å². The minimum atomic E-state index is -3.24. The number of aryl methyl sites for hydroxylation is 2. The molecule has 0 aliphatic heterocycles. The van der Waals surface area contributed by atoms with Crippen LogP contribution in [-0.4, -0.2) is 32.1 Å². The van der Waals surface area contributed by atoms with E-state index in [9.17, 15) is 13.2 Å². The summed E-state index contributed by atoms with van der Waals surface area (Å²) < 4.78 is 24.1. The van der Waals surface area contributed by atoms with Crippen molar-refractivity contribution < 1.29 is 13.2 Å². The molecule has 8 heteroatoms. The second-order valence-electron chi connectivity index (χ2n) is 4.97. The molecule has 0 saturated heterocycles. The Balaban J connectivity index is 1.89. The molecule has 2 rings (SSSR count). The number of carbonyl (C=O) groups excluding carboxylic acids is 1. The molecule has 1 aliphatic carbocycles. The van der Waals surface area contributed by atoms with Crippen LogP contribution >= 0.6 is 11.3 Å². The van der Waals surface area contributed by atoms with Crippen molar-refractivity contribution in [2.24, 2.45) is 0 Å². The van der Waals surface area contributed by atoms with Crippen molar-refractivity contribution in [3.05, 3.63) is 15.6 Å². The number of hydrogen-bond acceptors (Lipinski definition) is 5. The number of nitrogens with one attached hydrogen (secondary N) is 2. The molecule has 6 nitrogen and oxygen atoms in total. The van der Waals surface area contributed by atoms with E-state index in [1.165, 1.54) is 4.88 Å². The summed E-state index contributed by atoms with van der Waals surface area (Å²) in [6.45, 7) is 2.10. The fourth-order valence-corrected chi connectivity index (χ4v) is 3.81. The molecule has 20 heavy (non-hydrogen) atoms. The molecule has 2 N–H and O–H groups in total. The lowest BCUT2D eigenvalue weighted by Gasteiger charge is -2.22. The normalized spacial score (nSPS) is 18.6. The van der Waals surface area contributed by atoms with Crippen LogP contribution in [0.25, 0.3) is 0 Å². The van der Waals surface area contributed by atoms with Gasteiger partial charge >= 0.3 is 0 Å². The van der Waals surface area contributed by atoms with Crippen LogP contribution in [0, 0.1) is 6.92 Å². The Bertz CT molecular complexity index is 595. The van der Waals surface area contributed by atoms with Crippen molar-refractivity contribution >= 4 is 27.3 Å². The molecule has 1 heterocycles. The quantitative estimate of drug-likeness (QED) is 0.844. The zero-order chi connectivity index (χ0) is 14.8. The Morgan fingerprint density at radius 3 is 2.95 bits per heavy atom. The molecule has 0 spiro atoms. The van der Waals surface area contributed by atoms with E-state index in [4.69, 9.17) is 0 Å². The van der Waals surface area contributed by atoms with Gasteiger partial charge in [-0.05, 0) is 26.2 Å². The molecule has 1 atom stereocenters. The van der Waals surface area contributed by atoms with E-state index >= 15 is 0 Å². The molecule has 0 radical (unpaired) electrons. The van der Waals surface area contributed by atoms with Crippen molar-refractivity contribution in [3.63, 3.8) is 0 Å². The van der Waals surface area contributed by atoms with Crippen LogP contribution in [0.5, 0.6) is 0 Å². The number of thiazole rings is 1. The molecule has 0 saturated carbocycles. The van der Waals surface area contributed by atoms with E-state index in [0.717, 1.165) is 36.2 Å². The van der Waals surface area contributed by atoms with Crippen LogP contribution in [0.3, 0.4) is 0 Å². The fraction of sp³-hybridized carbons (Fsp3) is 0.667. The smallest absolute Gasteiger partial charge is 0.221 e. The highest BCUT2D eigenvalue weighted by atomic mass is 32.2. The zero-order valence-electron chi connectivity index (χ0n) is 11.6. The van der Waals surface area contributed by atoms with Gasteiger partial charge in [0.15, 0.2) is 0 Å². The highest BCUT2D eigenvalue weighted by Crippen LogP contribution is 2.32. The van der Waals surface area contributed by atoms with Crippen molar-refractivity contribution in [3.8, 4) is 0 Å². The second-order valence-corrected chi connectivity index (χ2v) is 8.09. The Kier molecular flexibility index (Phi) is 4.77. The summed E-state index contributed by atoms with van der Waals surface area (Å²) in [4.78, 5) is 17.6. The molecule has 0 fully saturated rings. The van der Waals surface area contributed by atoms with E-state index in [1.54, 1.807) is 11.3 Å². The third-order valence-corrected chi connectivity index (χ3v) is 4.89. The van der Waals surface area contributed by atoms with E-state index in [-0.39, 0.29) is 24.9 Å². The molecule has 112 valence electrons. The van der Waals surface area contributed by atoms with Crippen molar-refractivity contribution in [1.82, 2.24) is 15.0 Å². The predicted octanol–water partition coefficient (Wildman–Crippen LogP) is 0.884. The minimum absolute atomic E-state index is 0.0329. The molecule has 1 aromatic rings. The molecule has 0 aromatic carbocycles. The summed E-state index contributed by atoms with van der Waals surface area (Å²) in [6.07, 6.45) is 4.18. The Morgan fingerprint density at radius 2 is 2.25 bits per heavy atom. The highest BCUT2D eigenvalue weighted by Gasteiger charge is 2.25. The summed E-state index contributed by atoms with van der Waals surface area (Å²) >= 11 is 1.69. The molecule has 1 aliphatic rings. The lowest BCUT2D eigenvalue weighted by atomic mass is 9.97. The Labute approximate surface area is 123 Å². The molecule has 0 bridgehead atoms. The Morgan fingerprint density at radius 1 is 1.50 bits per heavy atom. The highest BCUT2D eigenvalue weighted by molar-refractivity contribution is 7.88. The Hall–Kier alpha value is -0.990. The number of amides is 1. The van der Waals surface area contributed by atoms with Gasteiger partial charge in [0.1, 0.15) is 0 Å². The molecule has 0 unspecified atom stereocenters. The maximum Gasteiger partial charge on any atom is 0.221 e. The third-order valence-electron chi connectivity index (χ3n) is 3.11. The molecule has 1 aromatic heterocycles. The summed E-state index contributed by atoms with van der Waals surface area (Å²) in [5.41, 5.74) is 0.989. The minimum Gasteiger partial charge on any atom is -0.348 e. The van der Waals surface area contributed by atoms with Gasteiger partial charge < -0.3 is 5.32 Å². The summed E-state index contributed by atoms with van der Waals surface area (Å²) in [5.74, 6) is -0.148. The fourth-order valence-electron chi connectivity index (χ4n) is 2.30. The zero-order valence-corrected chi connectivity index (χ0v) is 13.2. The number of sulfonamides is 1. The van der Waals surface area contributed by atoms with Gasteiger partial charge in [-0.3, -0.25) is 4.79 Å². The maximum atomic E-state index is 11.8. The van der Waals surface area contributed by atoms with Gasteiger partial charge in [0.25, 0.3) is 0 Å². The average Bonchev–Trinajstić information content (AvgIpc) is 2.68. The van der Waals surface area contributed by atoms with Crippen molar-refractivity contribution in [1.29, 1.82) is 0 Å². The first-order chi connectivity index (χ1) is 9.35. The maximum absolute atomic E-state index is 11.8. The lowest BCUT2D eigenvalue weighted by Crippen LogP contribution is -2.34. The summed E-state index contributed by atoms with van der Waals surface area (Å²) in [6, 6.07) is -0.0329. The number of rotatable bonds is 5.